The highest BCUT2D eigenvalue weighted by Crippen LogP contribution is 2.31. The van der Waals surface area contributed by atoms with E-state index in [9.17, 15) is 9.59 Å². The zero-order chi connectivity index (χ0) is 25.1. The Morgan fingerprint density at radius 3 is 2.31 bits per heavy atom. The minimum atomic E-state index is -0.232. The first kappa shape index (κ1) is 24.5. The van der Waals surface area contributed by atoms with Crippen LogP contribution in [0.15, 0.2) is 60.7 Å². The Balaban J connectivity index is 1.19. The molecule has 0 N–H and O–H groups in total. The lowest BCUT2D eigenvalue weighted by molar-refractivity contribution is -0.132. The van der Waals surface area contributed by atoms with Crippen LogP contribution in [0, 0.1) is 5.92 Å². The summed E-state index contributed by atoms with van der Waals surface area (Å²) in [5.41, 5.74) is 2.23. The number of aromatic nitrogens is 2. The maximum Gasteiger partial charge on any atom is 0.255 e. The number of anilines is 1. The van der Waals surface area contributed by atoms with Crippen LogP contribution < -0.4 is 4.90 Å². The predicted octanol–water partition coefficient (Wildman–Crippen LogP) is 4.65. The van der Waals surface area contributed by atoms with E-state index in [2.05, 4.69) is 15.1 Å². The molecule has 1 saturated carbocycles. The molecule has 9 heteroatoms. The maximum atomic E-state index is 13.2. The monoisotopic (exact) mass is 523 g/mol. The highest BCUT2D eigenvalue weighted by Gasteiger charge is 2.31. The normalized spacial score (nSPS) is 15.6. The number of carbonyl (C=O) groups is 2. The van der Waals surface area contributed by atoms with Crippen LogP contribution in [0.2, 0.25) is 10.0 Å². The number of hydrogen-bond donors (Lipinski definition) is 0. The van der Waals surface area contributed by atoms with Crippen molar-refractivity contribution in [1.29, 1.82) is 0 Å². The molecule has 7 nitrogen and oxygen atoms in total. The van der Waals surface area contributed by atoms with Crippen LogP contribution in [0.5, 0.6) is 0 Å². The quantitative estimate of drug-likeness (QED) is 0.450. The summed E-state index contributed by atoms with van der Waals surface area (Å²) in [6, 6.07) is 18.7. The van der Waals surface area contributed by atoms with Crippen LogP contribution in [0.3, 0.4) is 0 Å². The van der Waals surface area contributed by atoms with Gasteiger partial charge < -0.3 is 14.7 Å². The van der Waals surface area contributed by atoms with Crippen molar-refractivity contribution >= 4 is 40.8 Å². The standard InChI is InChI=1S/C27H27Cl2N5O2/c28-21-8-9-22(23(29)16-21)27(36)34(17-19-6-7-19)18-26(35)33-14-12-32(13-15-33)25-11-10-24(30-31-25)20-4-2-1-3-5-20/h1-5,8-11,16,19H,6-7,12-15,17-18H2. The molecule has 1 aliphatic carbocycles. The lowest BCUT2D eigenvalue weighted by Gasteiger charge is -2.36. The molecule has 2 fully saturated rings. The van der Waals surface area contributed by atoms with Gasteiger partial charge in [-0.15, -0.1) is 10.2 Å². The lowest BCUT2D eigenvalue weighted by atomic mass is 10.1. The molecule has 2 aliphatic rings. The number of amides is 2. The Morgan fingerprint density at radius 2 is 1.67 bits per heavy atom. The summed E-state index contributed by atoms with van der Waals surface area (Å²) in [6.45, 7) is 3.05. The number of hydrogen-bond acceptors (Lipinski definition) is 5. The molecule has 0 bridgehead atoms. The van der Waals surface area contributed by atoms with Crippen LogP contribution in [-0.4, -0.2) is 71.1 Å². The predicted molar refractivity (Wildman–Crippen MR) is 141 cm³/mol. The summed E-state index contributed by atoms with van der Waals surface area (Å²) in [5.74, 6) is 0.954. The smallest absolute Gasteiger partial charge is 0.255 e. The van der Waals surface area contributed by atoms with Crippen molar-refractivity contribution in [2.24, 2.45) is 5.92 Å². The molecule has 36 heavy (non-hydrogen) atoms. The van der Waals surface area contributed by atoms with Crippen molar-refractivity contribution < 1.29 is 9.59 Å². The first-order valence-corrected chi connectivity index (χ1v) is 12.9. The third-order valence-corrected chi connectivity index (χ3v) is 7.17. The zero-order valence-electron chi connectivity index (χ0n) is 19.8. The zero-order valence-corrected chi connectivity index (χ0v) is 21.3. The van der Waals surface area contributed by atoms with Gasteiger partial charge in [-0.05, 0) is 49.1 Å². The Kier molecular flexibility index (Phi) is 7.39. The largest absolute Gasteiger partial charge is 0.352 e. The van der Waals surface area contributed by atoms with E-state index in [0.29, 0.717) is 54.3 Å². The number of piperazine rings is 1. The maximum absolute atomic E-state index is 13.2. The van der Waals surface area contributed by atoms with Crippen LogP contribution in [0.4, 0.5) is 5.82 Å². The van der Waals surface area contributed by atoms with Gasteiger partial charge >= 0.3 is 0 Å². The molecule has 186 valence electrons. The highest BCUT2D eigenvalue weighted by molar-refractivity contribution is 6.36. The number of nitrogens with zero attached hydrogens (tertiary/aromatic N) is 5. The second-order valence-electron chi connectivity index (χ2n) is 9.26. The molecule has 0 radical (unpaired) electrons. The SMILES string of the molecule is O=C(CN(CC1CC1)C(=O)c1ccc(Cl)cc1Cl)N1CCN(c2ccc(-c3ccccc3)nn2)CC1. The molecule has 5 rings (SSSR count). The fourth-order valence-corrected chi connectivity index (χ4v) is 4.86. The molecule has 2 heterocycles. The first-order chi connectivity index (χ1) is 17.5. The van der Waals surface area contributed by atoms with Gasteiger partial charge in [0.1, 0.15) is 6.54 Å². The van der Waals surface area contributed by atoms with Crippen molar-refractivity contribution in [2.75, 3.05) is 44.2 Å². The van der Waals surface area contributed by atoms with Crippen LogP contribution in [-0.2, 0) is 4.79 Å². The van der Waals surface area contributed by atoms with Gasteiger partial charge in [0.25, 0.3) is 5.91 Å². The van der Waals surface area contributed by atoms with Crippen LogP contribution in [0.1, 0.15) is 23.2 Å². The third-order valence-electron chi connectivity index (χ3n) is 6.63. The molecular formula is C27H27Cl2N5O2. The van der Waals surface area contributed by atoms with Crippen molar-refractivity contribution in [2.45, 2.75) is 12.8 Å². The molecule has 2 aromatic carbocycles. The van der Waals surface area contributed by atoms with E-state index in [0.717, 1.165) is 29.9 Å². The van der Waals surface area contributed by atoms with E-state index in [1.54, 1.807) is 23.1 Å². The van der Waals surface area contributed by atoms with Crippen LogP contribution >= 0.6 is 23.2 Å². The van der Waals surface area contributed by atoms with Gasteiger partial charge in [-0.25, -0.2) is 0 Å². The highest BCUT2D eigenvalue weighted by atomic mass is 35.5. The minimum Gasteiger partial charge on any atom is -0.352 e. The molecule has 1 aliphatic heterocycles. The average molecular weight is 524 g/mol. The molecule has 1 aromatic heterocycles. The van der Waals surface area contributed by atoms with Crippen LogP contribution in [0.25, 0.3) is 11.3 Å². The summed E-state index contributed by atoms with van der Waals surface area (Å²) in [7, 11) is 0. The Hall–Kier alpha value is -3.16. The minimum absolute atomic E-state index is 0.0415. The van der Waals surface area contributed by atoms with Gasteiger partial charge in [-0.2, -0.15) is 0 Å². The molecule has 0 spiro atoms. The average Bonchev–Trinajstić information content (AvgIpc) is 3.73. The fourth-order valence-electron chi connectivity index (χ4n) is 4.37. The fraction of sp³-hybridized carbons (Fsp3) is 0.333. The number of benzene rings is 2. The summed E-state index contributed by atoms with van der Waals surface area (Å²) < 4.78 is 0. The topological polar surface area (TPSA) is 69.6 Å². The molecule has 0 unspecified atom stereocenters. The van der Waals surface area contributed by atoms with Crippen molar-refractivity contribution in [3.8, 4) is 11.3 Å². The first-order valence-electron chi connectivity index (χ1n) is 12.1. The summed E-state index contributed by atoms with van der Waals surface area (Å²) >= 11 is 12.3. The van der Waals surface area contributed by atoms with Crippen molar-refractivity contribution in [3.63, 3.8) is 0 Å². The molecule has 0 atom stereocenters. The van der Waals surface area contributed by atoms with E-state index < -0.39 is 0 Å². The van der Waals surface area contributed by atoms with E-state index >= 15 is 0 Å². The van der Waals surface area contributed by atoms with Gasteiger partial charge in [0.05, 0.1) is 16.3 Å². The lowest BCUT2D eigenvalue weighted by Crippen LogP contribution is -2.52. The van der Waals surface area contributed by atoms with Crippen molar-refractivity contribution in [1.82, 2.24) is 20.0 Å². The van der Waals surface area contributed by atoms with Gasteiger partial charge in [0.15, 0.2) is 5.82 Å². The van der Waals surface area contributed by atoms with Gasteiger partial charge in [0.2, 0.25) is 5.91 Å². The van der Waals surface area contributed by atoms with Crippen molar-refractivity contribution in [3.05, 3.63) is 76.3 Å². The van der Waals surface area contributed by atoms with Gasteiger partial charge in [0, 0.05) is 43.3 Å². The molecular weight excluding hydrogens is 497 g/mol. The van der Waals surface area contributed by atoms with E-state index in [1.807, 2.05) is 47.4 Å². The molecule has 3 aromatic rings. The van der Waals surface area contributed by atoms with Gasteiger partial charge in [-0.1, -0.05) is 53.5 Å². The number of carbonyl (C=O) groups excluding carboxylic acids is 2. The Labute approximate surface area is 220 Å². The number of halogens is 2. The third kappa shape index (κ3) is 5.79. The second-order valence-corrected chi connectivity index (χ2v) is 10.1. The molecule has 1 saturated heterocycles. The number of rotatable bonds is 7. The Bertz CT molecular complexity index is 1230. The van der Waals surface area contributed by atoms with E-state index in [4.69, 9.17) is 23.2 Å². The molecule has 2 amide bonds. The van der Waals surface area contributed by atoms with E-state index in [-0.39, 0.29) is 18.4 Å². The Morgan fingerprint density at radius 1 is 0.917 bits per heavy atom. The summed E-state index contributed by atoms with van der Waals surface area (Å²) in [4.78, 5) is 32.0. The van der Waals surface area contributed by atoms with E-state index in [1.165, 1.54) is 0 Å². The second kappa shape index (κ2) is 10.8. The summed E-state index contributed by atoms with van der Waals surface area (Å²) in [5, 5.41) is 9.55. The van der Waals surface area contributed by atoms with Gasteiger partial charge in [-0.3, -0.25) is 9.59 Å². The summed E-state index contributed by atoms with van der Waals surface area (Å²) in [6.07, 6.45) is 2.16.